The molecule has 1 fully saturated rings. The second kappa shape index (κ2) is 5.89. The van der Waals surface area contributed by atoms with Crippen molar-refractivity contribution in [3.63, 3.8) is 0 Å². The molecule has 0 radical (unpaired) electrons. The van der Waals surface area contributed by atoms with Gasteiger partial charge in [-0.2, -0.15) is 0 Å². The lowest BCUT2D eigenvalue weighted by atomic mass is 10.2. The number of aromatic nitrogens is 1. The van der Waals surface area contributed by atoms with E-state index in [1.165, 1.54) is 25.7 Å². The summed E-state index contributed by atoms with van der Waals surface area (Å²) in [7, 11) is 0. The van der Waals surface area contributed by atoms with Gasteiger partial charge in [-0.05, 0) is 44.7 Å². The Kier molecular flexibility index (Phi) is 4.24. The molecule has 3 nitrogen and oxygen atoms in total. The lowest BCUT2D eigenvalue weighted by molar-refractivity contribution is 0.243. The van der Waals surface area contributed by atoms with Crippen LogP contribution in [0.5, 0.6) is 5.75 Å². The average Bonchev–Trinajstić information content (AvgIpc) is 3.09. The van der Waals surface area contributed by atoms with Crippen molar-refractivity contribution in [2.75, 3.05) is 11.9 Å². The number of ether oxygens (including phenoxy) is 1. The van der Waals surface area contributed by atoms with Gasteiger partial charge in [-0.15, -0.1) is 0 Å². The number of hydrogen-bond donors (Lipinski definition) is 1. The van der Waals surface area contributed by atoms with Crippen molar-refractivity contribution in [2.45, 2.75) is 45.6 Å². The molecule has 0 aromatic carbocycles. The highest BCUT2D eigenvalue weighted by Gasteiger charge is 2.20. The van der Waals surface area contributed by atoms with E-state index >= 15 is 0 Å². The fraction of sp³-hybridized carbons (Fsp3) is 0.643. The molecule has 17 heavy (non-hydrogen) atoms. The van der Waals surface area contributed by atoms with Gasteiger partial charge < -0.3 is 10.1 Å². The van der Waals surface area contributed by atoms with E-state index in [2.05, 4.69) is 10.3 Å². The molecule has 1 saturated carbocycles. The van der Waals surface area contributed by atoms with Crippen molar-refractivity contribution in [2.24, 2.45) is 5.92 Å². The third-order valence-electron chi connectivity index (χ3n) is 2.91. The maximum atomic E-state index is 5.71. The molecule has 1 aromatic rings. The third kappa shape index (κ3) is 4.25. The summed E-state index contributed by atoms with van der Waals surface area (Å²) in [6.45, 7) is 5.05. The minimum atomic E-state index is 0.186. The Balaban J connectivity index is 1.80. The van der Waals surface area contributed by atoms with Crippen LogP contribution in [0.1, 0.15) is 39.5 Å². The molecule has 0 aliphatic heterocycles. The van der Waals surface area contributed by atoms with E-state index in [-0.39, 0.29) is 6.10 Å². The summed E-state index contributed by atoms with van der Waals surface area (Å²) in [4.78, 5) is 4.33. The number of pyridine rings is 1. The second-order valence-electron chi connectivity index (χ2n) is 5.03. The summed E-state index contributed by atoms with van der Waals surface area (Å²) >= 11 is 0. The Bertz CT molecular complexity index is 348. The summed E-state index contributed by atoms with van der Waals surface area (Å²) in [5, 5.41) is 3.37. The molecule has 1 aromatic heterocycles. The van der Waals surface area contributed by atoms with E-state index < -0.39 is 0 Å². The SMILES string of the molecule is CC(C)Oc1cccnc1NCCCC1CC1. The van der Waals surface area contributed by atoms with E-state index in [4.69, 9.17) is 4.74 Å². The lowest BCUT2D eigenvalue weighted by Crippen LogP contribution is -2.10. The smallest absolute Gasteiger partial charge is 0.168 e. The van der Waals surface area contributed by atoms with Crippen molar-refractivity contribution in [1.29, 1.82) is 0 Å². The maximum absolute atomic E-state index is 5.71. The van der Waals surface area contributed by atoms with Crippen LogP contribution in [0.3, 0.4) is 0 Å². The van der Waals surface area contributed by atoms with Crippen molar-refractivity contribution >= 4 is 5.82 Å². The summed E-state index contributed by atoms with van der Waals surface area (Å²) in [5.41, 5.74) is 0. The summed E-state index contributed by atoms with van der Waals surface area (Å²) in [6, 6.07) is 3.88. The van der Waals surface area contributed by atoms with E-state index in [0.29, 0.717) is 0 Å². The monoisotopic (exact) mass is 234 g/mol. The van der Waals surface area contributed by atoms with Gasteiger partial charge in [0.05, 0.1) is 6.10 Å². The average molecular weight is 234 g/mol. The Labute approximate surface area is 104 Å². The van der Waals surface area contributed by atoms with E-state index in [1.54, 1.807) is 6.20 Å². The zero-order chi connectivity index (χ0) is 12.1. The van der Waals surface area contributed by atoms with Crippen LogP contribution in [0.4, 0.5) is 5.82 Å². The van der Waals surface area contributed by atoms with Gasteiger partial charge in [0.15, 0.2) is 11.6 Å². The second-order valence-corrected chi connectivity index (χ2v) is 5.03. The van der Waals surface area contributed by atoms with E-state index in [1.807, 2.05) is 26.0 Å². The quantitative estimate of drug-likeness (QED) is 0.733. The first kappa shape index (κ1) is 12.2. The molecule has 3 heteroatoms. The van der Waals surface area contributed by atoms with Gasteiger partial charge in [0.2, 0.25) is 0 Å². The number of nitrogens with zero attached hydrogens (tertiary/aromatic N) is 1. The molecule has 94 valence electrons. The van der Waals surface area contributed by atoms with Crippen LogP contribution < -0.4 is 10.1 Å². The van der Waals surface area contributed by atoms with Gasteiger partial charge in [-0.25, -0.2) is 4.98 Å². The van der Waals surface area contributed by atoms with E-state index in [9.17, 15) is 0 Å². The molecule has 0 spiro atoms. The molecule has 1 N–H and O–H groups in total. The van der Waals surface area contributed by atoms with Crippen LogP contribution in [0.25, 0.3) is 0 Å². The Morgan fingerprint density at radius 1 is 1.47 bits per heavy atom. The zero-order valence-corrected chi connectivity index (χ0v) is 10.8. The summed E-state index contributed by atoms with van der Waals surface area (Å²) < 4.78 is 5.71. The molecule has 1 aliphatic carbocycles. The topological polar surface area (TPSA) is 34.1 Å². The standard InChI is InChI=1S/C14H22N2O/c1-11(2)17-13-6-4-10-16-14(13)15-9-3-5-12-7-8-12/h4,6,10-12H,3,5,7-9H2,1-2H3,(H,15,16). The summed E-state index contributed by atoms with van der Waals surface area (Å²) in [5.74, 6) is 2.73. The lowest BCUT2D eigenvalue weighted by Gasteiger charge is -2.14. The van der Waals surface area contributed by atoms with Gasteiger partial charge >= 0.3 is 0 Å². The van der Waals surface area contributed by atoms with Crippen LogP contribution in [0, 0.1) is 5.92 Å². The minimum absolute atomic E-state index is 0.186. The van der Waals surface area contributed by atoms with Crippen LogP contribution in [0.2, 0.25) is 0 Å². The van der Waals surface area contributed by atoms with Crippen molar-refractivity contribution in [3.8, 4) is 5.75 Å². The Hall–Kier alpha value is -1.25. The number of anilines is 1. The molecule has 0 saturated heterocycles. The molecule has 1 heterocycles. The molecule has 0 amide bonds. The van der Waals surface area contributed by atoms with E-state index in [0.717, 1.165) is 24.0 Å². The van der Waals surface area contributed by atoms with Crippen LogP contribution in [-0.4, -0.2) is 17.6 Å². The van der Waals surface area contributed by atoms with Crippen molar-refractivity contribution in [1.82, 2.24) is 4.98 Å². The van der Waals surface area contributed by atoms with Gasteiger partial charge in [0, 0.05) is 12.7 Å². The van der Waals surface area contributed by atoms with Gasteiger partial charge in [0.1, 0.15) is 0 Å². The highest BCUT2D eigenvalue weighted by atomic mass is 16.5. The molecule has 0 bridgehead atoms. The molecule has 1 aliphatic rings. The van der Waals surface area contributed by atoms with Gasteiger partial charge in [-0.1, -0.05) is 12.8 Å². The predicted molar refractivity (Wildman–Crippen MR) is 70.4 cm³/mol. The minimum Gasteiger partial charge on any atom is -0.487 e. The maximum Gasteiger partial charge on any atom is 0.168 e. The highest BCUT2D eigenvalue weighted by molar-refractivity contribution is 5.49. The van der Waals surface area contributed by atoms with Gasteiger partial charge in [-0.3, -0.25) is 0 Å². The van der Waals surface area contributed by atoms with Crippen LogP contribution in [-0.2, 0) is 0 Å². The Morgan fingerprint density at radius 2 is 2.29 bits per heavy atom. The van der Waals surface area contributed by atoms with Crippen molar-refractivity contribution < 1.29 is 4.74 Å². The first-order valence-corrected chi connectivity index (χ1v) is 6.61. The molecule has 0 atom stereocenters. The molecular formula is C14H22N2O. The number of hydrogen-bond acceptors (Lipinski definition) is 3. The molecular weight excluding hydrogens is 212 g/mol. The first-order chi connectivity index (χ1) is 8.25. The molecule has 0 unspecified atom stereocenters. The first-order valence-electron chi connectivity index (χ1n) is 6.61. The van der Waals surface area contributed by atoms with Gasteiger partial charge in [0.25, 0.3) is 0 Å². The molecule has 2 rings (SSSR count). The zero-order valence-electron chi connectivity index (χ0n) is 10.8. The fourth-order valence-corrected chi connectivity index (χ4v) is 1.88. The fourth-order valence-electron chi connectivity index (χ4n) is 1.88. The third-order valence-corrected chi connectivity index (χ3v) is 2.91. The van der Waals surface area contributed by atoms with Crippen LogP contribution >= 0.6 is 0 Å². The van der Waals surface area contributed by atoms with Crippen LogP contribution in [0.15, 0.2) is 18.3 Å². The van der Waals surface area contributed by atoms with Crippen molar-refractivity contribution in [3.05, 3.63) is 18.3 Å². The number of rotatable bonds is 7. The predicted octanol–water partition coefficient (Wildman–Crippen LogP) is 3.47. The number of nitrogens with one attached hydrogen (secondary N) is 1. The summed E-state index contributed by atoms with van der Waals surface area (Å²) in [6.07, 6.45) is 7.43. The Morgan fingerprint density at radius 3 is 3.00 bits per heavy atom. The normalized spacial score (nSPS) is 15.0. The highest BCUT2D eigenvalue weighted by Crippen LogP contribution is 2.33. The largest absolute Gasteiger partial charge is 0.487 e.